The van der Waals surface area contributed by atoms with Crippen LogP contribution in [0.2, 0.25) is 0 Å². The third-order valence-electron chi connectivity index (χ3n) is 6.57. The van der Waals surface area contributed by atoms with Crippen molar-refractivity contribution in [3.63, 3.8) is 0 Å². The average molecular weight is 491 g/mol. The van der Waals surface area contributed by atoms with Gasteiger partial charge in [-0.2, -0.15) is 13.2 Å². The second-order valence-corrected chi connectivity index (χ2v) is 9.64. The quantitative estimate of drug-likeness (QED) is 0.436. The van der Waals surface area contributed by atoms with Crippen molar-refractivity contribution in [2.75, 3.05) is 31.1 Å². The molecular formula is C24H22BrF3N2O. The molecule has 1 saturated heterocycles. The number of rotatable bonds is 1. The van der Waals surface area contributed by atoms with Crippen molar-refractivity contribution in [3.8, 4) is 16.9 Å². The maximum absolute atomic E-state index is 13.3. The van der Waals surface area contributed by atoms with Gasteiger partial charge in [0.25, 0.3) is 0 Å². The van der Waals surface area contributed by atoms with Crippen LogP contribution in [0.5, 0.6) is 5.75 Å². The van der Waals surface area contributed by atoms with Crippen LogP contribution in [-0.2, 0) is 11.6 Å². The first-order valence-corrected chi connectivity index (χ1v) is 11.1. The van der Waals surface area contributed by atoms with E-state index in [9.17, 15) is 18.3 Å². The van der Waals surface area contributed by atoms with Crippen molar-refractivity contribution in [2.45, 2.75) is 25.4 Å². The van der Waals surface area contributed by atoms with Gasteiger partial charge < -0.3 is 15.3 Å². The monoisotopic (exact) mass is 490 g/mol. The number of hydrogen-bond donors (Lipinski definition) is 2. The van der Waals surface area contributed by atoms with Crippen LogP contribution < -0.4 is 10.2 Å². The summed E-state index contributed by atoms with van der Waals surface area (Å²) >= 11 is 3.77. The van der Waals surface area contributed by atoms with Gasteiger partial charge >= 0.3 is 6.18 Å². The molecule has 5 rings (SSSR count). The molecule has 162 valence electrons. The van der Waals surface area contributed by atoms with E-state index >= 15 is 0 Å². The van der Waals surface area contributed by atoms with Gasteiger partial charge in [-0.05, 0) is 58.0 Å². The van der Waals surface area contributed by atoms with Gasteiger partial charge in [-0.25, -0.2) is 0 Å². The summed E-state index contributed by atoms with van der Waals surface area (Å²) in [5.74, 6) is -0.126. The summed E-state index contributed by atoms with van der Waals surface area (Å²) in [6.07, 6.45) is -4.46. The van der Waals surface area contributed by atoms with E-state index in [1.807, 2.05) is 0 Å². The maximum atomic E-state index is 13.3. The number of aromatic hydroxyl groups is 1. The zero-order valence-electron chi connectivity index (χ0n) is 17.2. The first-order chi connectivity index (χ1) is 14.6. The molecule has 1 aliphatic heterocycles. The number of fused-ring (bicyclic) bond motifs is 5. The van der Waals surface area contributed by atoms with Crippen molar-refractivity contribution >= 4 is 32.4 Å². The van der Waals surface area contributed by atoms with E-state index in [1.165, 1.54) is 6.07 Å². The van der Waals surface area contributed by atoms with Crippen LogP contribution in [-0.4, -0.2) is 31.3 Å². The SMILES string of the molecule is CC1(C)c2cc(O)c3cc(C(F)(F)F)ccc3c2-c2cc(N3CCNCC3)cc(Br)c21. The Labute approximate surface area is 187 Å². The van der Waals surface area contributed by atoms with Crippen LogP contribution in [0, 0.1) is 0 Å². The first-order valence-electron chi connectivity index (χ1n) is 10.3. The van der Waals surface area contributed by atoms with Gasteiger partial charge in [-0.3, -0.25) is 0 Å². The Hall–Kier alpha value is -2.25. The number of alkyl halides is 3. The minimum Gasteiger partial charge on any atom is -0.507 e. The molecule has 0 bridgehead atoms. The zero-order valence-corrected chi connectivity index (χ0v) is 18.8. The van der Waals surface area contributed by atoms with Crippen LogP contribution in [0.4, 0.5) is 18.9 Å². The molecule has 0 saturated carbocycles. The van der Waals surface area contributed by atoms with Crippen LogP contribution in [0.25, 0.3) is 21.9 Å². The topological polar surface area (TPSA) is 35.5 Å². The number of halogens is 4. The normalized spacial score (nSPS) is 17.7. The lowest BCUT2D eigenvalue weighted by molar-refractivity contribution is -0.137. The number of phenolic OH excluding ortho intramolecular Hbond substituents is 1. The van der Waals surface area contributed by atoms with Gasteiger partial charge in [0.15, 0.2) is 0 Å². The molecule has 0 unspecified atom stereocenters. The molecule has 3 nitrogen and oxygen atoms in total. The van der Waals surface area contributed by atoms with Crippen molar-refractivity contribution < 1.29 is 18.3 Å². The Kier molecular flexibility index (Phi) is 4.58. The summed E-state index contributed by atoms with van der Waals surface area (Å²) in [4.78, 5) is 2.32. The Bertz CT molecular complexity index is 1210. The molecule has 3 aromatic rings. The van der Waals surface area contributed by atoms with Crippen LogP contribution in [0.15, 0.2) is 40.9 Å². The molecule has 0 radical (unpaired) electrons. The third kappa shape index (κ3) is 3.12. The molecule has 0 aromatic heterocycles. The fourth-order valence-electron chi connectivity index (χ4n) is 5.03. The molecule has 1 fully saturated rings. The number of anilines is 1. The highest BCUT2D eigenvalue weighted by Crippen LogP contribution is 2.56. The Morgan fingerprint density at radius 2 is 1.74 bits per heavy atom. The second kappa shape index (κ2) is 6.87. The van der Waals surface area contributed by atoms with Crippen molar-refractivity contribution in [1.29, 1.82) is 0 Å². The number of phenols is 1. The van der Waals surface area contributed by atoms with Crippen molar-refractivity contribution in [1.82, 2.24) is 5.32 Å². The van der Waals surface area contributed by atoms with E-state index in [2.05, 4.69) is 52.1 Å². The maximum Gasteiger partial charge on any atom is 0.416 e. The minimum atomic E-state index is -4.46. The molecule has 31 heavy (non-hydrogen) atoms. The van der Waals surface area contributed by atoms with Crippen molar-refractivity contribution in [3.05, 3.63) is 57.6 Å². The standard InChI is InChI=1S/C24H22BrF3N2O/c1-23(2)18-12-20(31)16-9-13(24(26,27)28)3-4-15(16)21(18)17-10-14(11-19(25)22(17)23)30-7-5-29-6-8-30/h3-4,9-12,29,31H,5-8H2,1-2H3. The van der Waals surface area contributed by atoms with Crippen molar-refractivity contribution in [2.24, 2.45) is 0 Å². The second-order valence-electron chi connectivity index (χ2n) is 8.79. The van der Waals surface area contributed by atoms with Gasteiger partial charge in [0.2, 0.25) is 0 Å². The number of nitrogens with one attached hydrogen (secondary N) is 1. The van der Waals surface area contributed by atoms with Gasteiger partial charge in [0.05, 0.1) is 5.56 Å². The molecule has 7 heteroatoms. The van der Waals surface area contributed by atoms with Gasteiger partial charge in [-0.15, -0.1) is 0 Å². The third-order valence-corrected chi connectivity index (χ3v) is 7.19. The lowest BCUT2D eigenvalue weighted by Gasteiger charge is -2.31. The first kappa shape index (κ1) is 20.6. The predicted molar refractivity (Wildman–Crippen MR) is 121 cm³/mol. The fraction of sp³-hybridized carbons (Fsp3) is 0.333. The van der Waals surface area contributed by atoms with E-state index in [4.69, 9.17) is 0 Å². The summed E-state index contributed by atoms with van der Waals surface area (Å²) in [7, 11) is 0. The summed E-state index contributed by atoms with van der Waals surface area (Å²) in [5, 5.41) is 14.9. The lowest BCUT2D eigenvalue weighted by Crippen LogP contribution is -2.43. The molecule has 0 atom stereocenters. The van der Waals surface area contributed by atoms with E-state index in [0.29, 0.717) is 5.39 Å². The Morgan fingerprint density at radius 1 is 1.03 bits per heavy atom. The van der Waals surface area contributed by atoms with Gasteiger partial charge in [0, 0.05) is 47.1 Å². The van der Waals surface area contributed by atoms with E-state index in [0.717, 1.165) is 70.7 Å². The fourth-order valence-corrected chi connectivity index (χ4v) is 5.97. The molecule has 1 heterocycles. The number of piperazine rings is 1. The highest BCUT2D eigenvalue weighted by molar-refractivity contribution is 9.10. The molecule has 0 amide bonds. The summed E-state index contributed by atoms with van der Waals surface area (Å²) < 4.78 is 40.9. The van der Waals surface area contributed by atoms with Crippen LogP contribution >= 0.6 is 15.9 Å². The summed E-state index contributed by atoms with van der Waals surface area (Å²) in [6, 6.07) is 9.55. The molecule has 1 aliphatic carbocycles. The highest BCUT2D eigenvalue weighted by atomic mass is 79.9. The lowest BCUT2D eigenvalue weighted by atomic mass is 9.81. The molecule has 2 aliphatic rings. The van der Waals surface area contributed by atoms with Crippen LogP contribution in [0.1, 0.15) is 30.5 Å². The molecule has 2 N–H and O–H groups in total. The van der Waals surface area contributed by atoms with E-state index in [1.54, 1.807) is 6.07 Å². The zero-order chi connectivity index (χ0) is 22.1. The van der Waals surface area contributed by atoms with E-state index in [-0.39, 0.29) is 11.1 Å². The molecule has 3 aromatic carbocycles. The molecular weight excluding hydrogens is 469 g/mol. The summed E-state index contributed by atoms with van der Waals surface area (Å²) in [5.41, 5.74) is 3.85. The van der Waals surface area contributed by atoms with Crippen LogP contribution in [0.3, 0.4) is 0 Å². The van der Waals surface area contributed by atoms with E-state index < -0.39 is 17.2 Å². The number of benzene rings is 3. The average Bonchev–Trinajstić information content (AvgIpc) is 2.95. The Morgan fingerprint density at radius 3 is 2.42 bits per heavy atom. The number of hydrogen-bond acceptors (Lipinski definition) is 3. The van der Waals surface area contributed by atoms with Gasteiger partial charge in [-0.1, -0.05) is 35.8 Å². The predicted octanol–water partition coefficient (Wildman–Crippen LogP) is 6.04. The van der Waals surface area contributed by atoms with Gasteiger partial charge in [0.1, 0.15) is 5.75 Å². The largest absolute Gasteiger partial charge is 0.507 e. The summed E-state index contributed by atoms with van der Waals surface area (Å²) in [6.45, 7) is 7.78. The minimum absolute atomic E-state index is 0.126. The number of nitrogens with zero attached hydrogens (tertiary/aromatic N) is 1. The molecule has 0 spiro atoms. The highest BCUT2D eigenvalue weighted by Gasteiger charge is 2.40. The smallest absolute Gasteiger partial charge is 0.416 e. The Balaban J connectivity index is 1.79.